The Bertz CT molecular complexity index is 802. The zero-order valence-electron chi connectivity index (χ0n) is 13.9. The van der Waals surface area contributed by atoms with Gasteiger partial charge in [-0.05, 0) is 24.1 Å². The second-order valence-electron chi connectivity index (χ2n) is 6.52. The highest BCUT2D eigenvalue weighted by atomic mass is 19.1. The van der Waals surface area contributed by atoms with E-state index in [9.17, 15) is 18.4 Å². The minimum Gasteiger partial charge on any atom is -0.355 e. The van der Waals surface area contributed by atoms with E-state index in [0.717, 1.165) is 23.3 Å². The Kier molecular flexibility index (Phi) is 4.93. The van der Waals surface area contributed by atoms with Gasteiger partial charge < -0.3 is 5.32 Å². The van der Waals surface area contributed by atoms with Gasteiger partial charge in [-0.25, -0.2) is 8.78 Å². The van der Waals surface area contributed by atoms with E-state index < -0.39 is 17.6 Å². The molecule has 0 radical (unpaired) electrons. The summed E-state index contributed by atoms with van der Waals surface area (Å²) in [6.07, 6.45) is -0.0995. The van der Waals surface area contributed by atoms with Gasteiger partial charge in [0, 0.05) is 31.4 Å². The lowest BCUT2D eigenvalue weighted by Gasteiger charge is -2.17. The topological polar surface area (TPSA) is 46.2 Å². The van der Waals surface area contributed by atoms with Crippen LogP contribution < -0.4 is 5.32 Å². The van der Waals surface area contributed by atoms with Crippen molar-refractivity contribution in [3.8, 4) is 0 Å². The third-order valence-corrected chi connectivity index (χ3v) is 4.67. The summed E-state index contributed by atoms with van der Waals surface area (Å²) in [5, 5.41) is 2.81. The number of carbonyl (C=O) groups excluding carboxylic acids is 2. The van der Waals surface area contributed by atoms with Crippen LogP contribution in [0.3, 0.4) is 0 Å². The van der Waals surface area contributed by atoms with E-state index >= 15 is 0 Å². The number of carbonyl (C=O) groups is 2. The summed E-state index contributed by atoms with van der Waals surface area (Å²) in [6, 6.07) is 11.1. The van der Waals surface area contributed by atoms with Crippen molar-refractivity contribution in [3.63, 3.8) is 0 Å². The van der Waals surface area contributed by atoms with Crippen LogP contribution in [0.25, 0.3) is 0 Å². The predicted octanol–water partition coefficient (Wildman–Crippen LogP) is 3.30. The zero-order valence-corrected chi connectivity index (χ0v) is 13.9. The molecule has 1 aliphatic heterocycles. The Morgan fingerprint density at radius 2 is 1.88 bits per heavy atom. The molecule has 0 spiro atoms. The number of hydrogen-bond acceptors (Lipinski definition) is 2. The molecule has 0 unspecified atom stereocenters. The Morgan fingerprint density at radius 3 is 2.56 bits per heavy atom. The van der Waals surface area contributed by atoms with E-state index in [1.54, 1.807) is 0 Å². The second-order valence-corrected chi connectivity index (χ2v) is 6.52. The van der Waals surface area contributed by atoms with Crippen LogP contribution >= 0.6 is 0 Å². The lowest BCUT2D eigenvalue weighted by atomic mass is 9.84. The van der Waals surface area contributed by atoms with Gasteiger partial charge in [-0.3, -0.25) is 9.59 Å². The third-order valence-electron chi connectivity index (χ3n) is 4.67. The highest BCUT2D eigenvalue weighted by Gasteiger charge is 2.36. The molecule has 2 aromatic rings. The number of rotatable bonds is 5. The second kappa shape index (κ2) is 7.13. The molecule has 1 heterocycles. The van der Waals surface area contributed by atoms with Crippen molar-refractivity contribution in [3.05, 3.63) is 70.8 Å². The fraction of sp³-hybridized carbons (Fsp3) is 0.300. The number of Topliss-reactive ketones (excluding diaryl/α,β-unsaturated/α-hetero) is 1. The minimum absolute atomic E-state index is 0.0429. The SMILES string of the molecule is Cc1ccc([C@@H]2CNC(=O)[C@H]2CC(=O)Cc2ccc(F)cc2F)cc1. The molecule has 2 atom stereocenters. The third kappa shape index (κ3) is 3.92. The van der Waals surface area contributed by atoms with Crippen molar-refractivity contribution >= 4 is 11.7 Å². The average Bonchev–Trinajstić information content (AvgIpc) is 2.92. The Morgan fingerprint density at radius 1 is 1.16 bits per heavy atom. The van der Waals surface area contributed by atoms with E-state index in [0.29, 0.717) is 6.54 Å². The van der Waals surface area contributed by atoms with Gasteiger partial charge in [-0.15, -0.1) is 0 Å². The quantitative estimate of drug-likeness (QED) is 0.905. The molecule has 130 valence electrons. The lowest BCUT2D eigenvalue weighted by Crippen LogP contribution is -2.23. The summed E-state index contributed by atoms with van der Waals surface area (Å²) in [4.78, 5) is 24.5. The van der Waals surface area contributed by atoms with Gasteiger partial charge in [0.25, 0.3) is 0 Å². The maximum absolute atomic E-state index is 13.7. The van der Waals surface area contributed by atoms with Gasteiger partial charge >= 0.3 is 0 Å². The van der Waals surface area contributed by atoms with Crippen molar-refractivity contribution in [2.45, 2.75) is 25.7 Å². The Labute approximate surface area is 145 Å². The number of amides is 1. The molecule has 25 heavy (non-hydrogen) atoms. The highest BCUT2D eigenvalue weighted by molar-refractivity contribution is 5.90. The van der Waals surface area contributed by atoms with Gasteiger partial charge in [0.1, 0.15) is 17.4 Å². The molecule has 0 aromatic heterocycles. The van der Waals surface area contributed by atoms with Crippen LogP contribution in [-0.4, -0.2) is 18.2 Å². The van der Waals surface area contributed by atoms with E-state index in [4.69, 9.17) is 0 Å². The first-order chi connectivity index (χ1) is 11.9. The molecule has 0 bridgehead atoms. The molecule has 3 nitrogen and oxygen atoms in total. The van der Waals surface area contributed by atoms with E-state index in [1.807, 2.05) is 31.2 Å². The number of hydrogen-bond donors (Lipinski definition) is 1. The standard InChI is InChI=1S/C20H19F2NO2/c1-12-2-4-13(5-3-12)18-11-23-20(25)17(18)10-16(24)8-14-6-7-15(21)9-19(14)22/h2-7,9,17-18H,8,10-11H2,1H3,(H,23,25)/t17-,18-/m0/s1. The number of benzene rings is 2. The van der Waals surface area contributed by atoms with Crippen LogP contribution in [0.4, 0.5) is 8.78 Å². The van der Waals surface area contributed by atoms with Gasteiger partial charge in [0.2, 0.25) is 5.91 Å². The fourth-order valence-electron chi connectivity index (χ4n) is 3.26. The number of halogens is 2. The predicted molar refractivity (Wildman–Crippen MR) is 90.1 cm³/mol. The van der Waals surface area contributed by atoms with E-state index in [-0.39, 0.29) is 36.0 Å². The first-order valence-electron chi connectivity index (χ1n) is 8.24. The lowest BCUT2D eigenvalue weighted by molar-refractivity contribution is -0.127. The summed E-state index contributed by atoms with van der Waals surface area (Å²) >= 11 is 0. The first kappa shape index (κ1) is 17.3. The molecule has 1 fully saturated rings. The summed E-state index contributed by atoms with van der Waals surface area (Å²) in [5.41, 5.74) is 2.28. The molecule has 2 aromatic carbocycles. The van der Waals surface area contributed by atoms with Crippen LogP contribution in [0.1, 0.15) is 29.0 Å². The minimum atomic E-state index is -0.737. The van der Waals surface area contributed by atoms with Crippen LogP contribution in [0.15, 0.2) is 42.5 Å². The van der Waals surface area contributed by atoms with Crippen molar-refractivity contribution < 1.29 is 18.4 Å². The first-order valence-corrected chi connectivity index (χ1v) is 8.24. The molecule has 5 heteroatoms. The largest absolute Gasteiger partial charge is 0.355 e. The molecule has 0 saturated carbocycles. The van der Waals surface area contributed by atoms with Crippen LogP contribution in [0.2, 0.25) is 0 Å². The maximum Gasteiger partial charge on any atom is 0.224 e. The smallest absolute Gasteiger partial charge is 0.224 e. The molecule has 1 aliphatic rings. The van der Waals surface area contributed by atoms with Crippen LogP contribution in [-0.2, 0) is 16.0 Å². The van der Waals surface area contributed by atoms with Crippen molar-refractivity contribution in [1.82, 2.24) is 5.32 Å². The monoisotopic (exact) mass is 343 g/mol. The van der Waals surface area contributed by atoms with Crippen LogP contribution in [0, 0.1) is 24.5 Å². The number of aryl methyl sites for hydroxylation is 1. The zero-order chi connectivity index (χ0) is 18.0. The molecular formula is C20H19F2NO2. The molecule has 3 rings (SSSR count). The van der Waals surface area contributed by atoms with E-state index in [1.165, 1.54) is 6.07 Å². The average molecular weight is 343 g/mol. The number of ketones is 1. The van der Waals surface area contributed by atoms with Gasteiger partial charge in [0.15, 0.2) is 0 Å². The fourth-order valence-corrected chi connectivity index (χ4v) is 3.26. The number of nitrogens with one attached hydrogen (secondary N) is 1. The molecule has 1 amide bonds. The Balaban J connectivity index is 1.71. The van der Waals surface area contributed by atoms with Crippen molar-refractivity contribution in [2.75, 3.05) is 6.54 Å². The van der Waals surface area contributed by atoms with E-state index in [2.05, 4.69) is 5.32 Å². The van der Waals surface area contributed by atoms with Gasteiger partial charge in [-0.1, -0.05) is 35.9 Å². The normalized spacial score (nSPS) is 19.7. The van der Waals surface area contributed by atoms with Crippen molar-refractivity contribution in [2.24, 2.45) is 5.92 Å². The molecule has 1 saturated heterocycles. The summed E-state index contributed by atoms with van der Waals surface area (Å²) in [7, 11) is 0. The molecular weight excluding hydrogens is 324 g/mol. The maximum atomic E-state index is 13.7. The Hall–Kier alpha value is -2.56. The molecule has 0 aliphatic carbocycles. The van der Waals surface area contributed by atoms with Crippen LogP contribution in [0.5, 0.6) is 0 Å². The summed E-state index contributed by atoms with van der Waals surface area (Å²) in [6.45, 7) is 2.48. The highest BCUT2D eigenvalue weighted by Crippen LogP contribution is 2.32. The van der Waals surface area contributed by atoms with Crippen molar-refractivity contribution in [1.29, 1.82) is 0 Å². The molecule has 1 N–H and O–H groups in total. The summed E-state index contributed by atoms with van der Waals surface area (Å²) < 4.78 is 26.7. The summed E-state index contributed by atoms with van der Waals surface area (Å²) in [5.74, 6) is -2.33. The van der Waals surface area contributed by atoms with Gasteiger partial charge in [-0.2, -0.15) is 0 Å². The van der Waals surface area contributed by atoms with Gasteiger partial charge in [0.05, 0.1) is 5.92 Å².